The molecule has 0 atom stereocenters. The van der Waals surface area contributed by atoms with Crippen molar-refractivity contribution in [2.24, 2.45) is 0 Å². The van der Waals surface area contributed by atoms with Crippen LogP contribution in [0.15, 0.2) is 42.5 Å². The zero-order valence-electron chi connectivity index (χ0n) is 15.0. The van der Waals surface area contributed by atoms with E-state index >= 15 is 0 Å². The lowest BCUT2D eigenvalue weighted by molar-refractivity contribution is 0.415. The van der Waals surface area contributed by atoms with Crippen LogP contribution in [0, 0.1) is 0 Å². The average molecular weight is 343 g/mol. The van der Waals surface area contributed by atoms with Crippen molar-refractivity contribution in [1.82, 2.24) is 0 Å². The molecule has 2 aromatic carbocycles. The number of para-hydroxylation sites is 1. The van der Waals surface area contributed by atoms with E-state index in [0.717, 1.165) is 17.1 Å². The summed E-state index contributed by atoms with van der Waals surface area (Å²) in [4.78, 5) is 0. The molecule has 3 nitrogen and oxygen atoms in total. The van der Waals surface area contributed by atoms with E-state index in [9.17, 15) is 0 Å². The van der Waals surface area contributed by atoms with E-state index in [1.165, 1.54) is 11.1 Å². The second-order valence-electron chi connectivity index (χ2n) is 6.43. The fourth-order valence-electron chi connectivity index (χ4n) is 2.67. The van der Waals surface area contributed by atoms with E-state index in [0.29, 0.717) is 16.9 Å². The fraction of sp³-hybridized carbons (Fsp3) is 0.350. The maximum atomic E-state index is 5.53. The lowest BCUT2D eigenvalue weighted by Crippen LogP contribution is -2.21. The minimum absolute atomic E-state index is 0.422. The molecule has 0 spiro atoms. The Hall–Kier alpha value is -2.07. The predicted molar refractivity (Wildman–Crippen MR) is 107 cm³/mol. The average Bonchev–Trinajstić information content (AvgIpc) is 2.54. The van der Waals surface area contributed by atoms with E-state index in [-0.39, 0.29) is 0 Å². The zero-order valence-corrected chi connectivity index (χ0v) is 15.8. The summed E-state index contributed by atoms with van der Waals surface area (Å²) in [7, 11) is 1.66. The molecule has 0 aliphatic rings. The highest BCUT2D eigenvalue weighted by Crippen LogP contribution is 2.32. The summed E-state index contributed by atoms with van der Waals surface area (Å²) in [5.41, 5.74) is 4.56. The van der Waals surface area contributed by atoms with Gasteiger partial charge in [0.25, 0.3) is 0 Å². The van der Waals surface area contributed by atoms with Crippen LogP contribution >= 0.6 is 12.2 Å². The summed E-state index contributed by atoms with van der Waals surface area (Å²) >= 11 is 5.53. The van der Waals surface area contributed by atoms with Crippen molar-refractivity contribution in [3.8, 4) is 5.75 Å². The van der Waals surface area contributed by atoms with E-state index in [1.807, 2.05) is 24.3 Å². The van der Waals surface area contributed by atoms with Gasteiger partial charge in [-0.05, 0) is 47.3 Å². The van der Waals surface area contributed by atoms with Crippen LogP contribution < -0.4 is 15.4 Å². The van der Waals surface area contributed by atoms with E-state index in [4.69, 9.17) is 17.0 Å². The molecule has 0 bridgehead atoms. The summed E-state index contributed by atoms with van der Waals surface area (Å²) in [5, 5.41) is 7.23. The van der Waals surface area contributed by atoms with Crippen molar-refractivity contribution in [3.63, 3.8) is 0 Å². The second-order valence-corrected chi connectivity index (χ2v) is 6.84. The van der Waals surface area contributed by atoms with Crippen molar-refractivity contribution >= 4 is 28.7 Å². The molecule has 0 aliphatic carbocycles. The number of ether oxygens (including phenoxy) is 1. The first kappa shape index (κ1) is 18.3. The van der Waals surface area contributed by atoms with Gasteiger partial charge in [0.05, 0.1) is 7.11 Å². The largest absolute Gasteiger partial charge is 0.497 e. The summed E-state index contributed by atoms with van der Waals surface area (Å²) in [5.74, 6) is 1.64. The van der Waals surface area contributed by atoms with Gasteiger partial charge in [-0.15, -0.1) is 0 Å². The van der Waals surface area contributed by atoms with E-state index < -0.39 is 0 Å². The SMILES string of the molecule is COc1cccc(NC(=S)Nc2c(C(C)C)cccc2C(C)C)c1. The van der Waals surface area contributed by atoms with Crippen LogP contribution in [0.1, 0.15) is 50.7 Å². The molecule has 0 amide bonds. The quantitative estimate of drug-likeness (QED) is 0.678. The zero-order chi connectivity index (χ0) is 17.7. The highest BCUT2D eigenvalue weighted by atomic mass is 32.1. The lowest BCUT2D eigenvalue weighted by atomic mass is 9.93. The van der Waals surface area contributed by atoms with Gasteiger partial charge >= 0.3 is 0 Å². The Bertz CT molecular complexity index is 684. The van der Waals surface area contributed by atoms with Gasteiger partial charge < -0.3 is 15.4 Å². The van der Waals surface area contributed by atoms with Crippen LogP contribution in [0.2, 0.25) is 0 Å². The van der Waals surface area contributed by atoms with E-state index in [2.05, 4.69) is 56.5 Å². The number of hydrogen-bond donors (Lipinski definition) is 2. The van der Waals surface area contributed by atoms with Crippen LogP contribution in [0.3, 0.4) is 0 Å². The van der Waals surface area contributed by atoms with Crippen LogP contribution in [-0.2, 0) is 0 Å². The summed E-state index contributed by atoms with van der Waals surface area (Å²) in [6.07, 6.45) is 0. The van der Waals surface area contributed by atoms with Crippen LogP contribution in [-0.4, -0.2) is 12.2 Å². The number of hydrogen-bond acceptors (Lipinski definition) is 2. The van der Waals surface area contributed by atoms with Crippen LogP contribution in [0.5, 0.6) is 5.75 Å². The van der Waals surface area contributed by atoms with Gasteiger partial charge in [-0.1, -0.05) is 52.0 Å². The Morgan fingerprint density at radius 1 is 0.917 bits per heavy atom. The molecular formula is C20H26N2OS. The minimum atomic E-state index is 0.422. The Morgan fingerprint density at radius 3 is 2.04 bits per heavy atom. The van der Waals surface area contributed by atoms with Crippen LogP contribution in [0.4, 0.5) is 11.4 Å². The lowest BCUT2D eigenvalue weighted by Gasteiger charge is -2.21. The summed E-state index contributed by atoms with van der Waals surface area (Å²) in [6, 6.07) is 14.2. The number of rotatable bonds is 5. The van der Waals surface area contributed by atoms with Crippen LogP contribution in [0.25, 0.3) is 0 Å². The highest BCUT2D eigenvalue weighted by Gasteiger charge is 2.14. The molecule has 2 rings (SSSR count). The molecule has 0 unspecified atom stereocenters. The summed E-state index contributed by atoms with van der Waals surface area (Å²) < 4.78 is 5.25. The Labute approximate surface area is 150 Å². The number of methoxy groups -OCH3 is 1. The fourth-order valence-corrected chi connectivity index (χ4v) is 2.89. The van der Waals surface area contributed by atoms with Crippen molar-refractivity contribution in [2.45, 2.75) is 39.5 Å². The van der Waals surface area contributed by atoms with Crippen molar-refractivity contribution in [2.75, 3.05) is 17.7 Å². The molecular weight excluding hydrogens is 316 g/mol. The van der Waals surface area contributed by atoms with Gasteiger partial charge in [0.1, 0.15) is 5.75 Å². The molecule has 0 aromatic heterocycles. The van der Waals surface area contributed by atoms with Gasteiger partial charge in [0.2, 0.25) is 0 Å². The standard InChI is InChI=1S/C20H26N2OS/c1-13(2)17-10-7-11-18(14(3)4)19(17)22-20(24)21-15-8-6-9-16(12-15)23-5/h6-14H,1-5H3,(H2,21,22,24). The van der Waals surface area contributed by atoms with Gasteiger partial charge in [0, 0.05) is 17.4 Å². The third kappa shape index (κ3) is 4.48. The van der Waals surface area contributed by atoms with Crippen molar-refractivity contribution in [3.05, 3.63) is 53.6 Å². The molecule has 4 heteroatoms. The maximum absolute atomic E-state index is 5.53. The predicted octanol–water partition coefficient (Wildman–Crippen LogP) is 5.75. The number of nitrogens with one attached hydrogen (secondary N) is 2. The highest BCUT2D eigenvalue weighted by molar-refractivity contribution is 7.80. The smallest absolute Gasteiger partial charge is 0.175 e. The third-order valence-corrected chi connectivity index (χ3v) is 4.14. The molecule has 0 aliphatic heterocycles. The van der Waals surface area contributed by atoms with Gasteiger partial charge in [-0.25, -0.2) is 0 Å². The Morgan fingerprint density at radius 2 is 1.50 bits per heavy atom. The monoisotopic (exact) mass is 342 g/mol. The minimum Gasteiger partial charge on any atom is -0.497 e. The molecule has 0 heterocycles. The Kier molecular flexibility index (Phi) is 6.21. The first-order valence-electron chi connectivity index (χ1n) is 8.27. The molecule has 128 valence electrons. The topological polar surface area (TPSA) is 33.3 Å². The van der Waals surface area contributed by atoms with Crippen molar-refractivity contribution < 1.29 is 4.74 Å². The van der Waals surface area contributed by atoms with E-state index in [1.54, 1.807) is 7.11 Å². The first-order valence-corrected chi connectivity index (χ1v) is 8.68. The first-order chi connectivity index (χ1) is 11.4. The molecule has 2 N–H and O–H groups in total. The molecule has 0 fully saturated rings. The number of thiocarbonyl (C=S) groups is 1. The molecule has 2 aromatic rings. The summed E-state index contributed by atoms with van der Waals surface area (Å²) in [6.45, 7) is 8.79. The van der Waals surface area contributed by atoms with Gasteiger partial charge in [-0.3, -0.25) is 0 Å². The van der Waals surface area contributed by atoms with Crippen molar-refractivity contribution in [1.29, 1.82) is 0 Å². The second kappa shape index (κ2) is 8.15. The molecule has 0 radical (unpaired) electrons. The number of anilines is 2. The normalized spacial score (nSPS) is 10.8. The number of benzene rings is 2. The molecule has 0 saturated heterocycles. The Balaban J connectivity index is 2.24. The van der Waals surface area contributed by atoms with Gasteiger partial charge in [-0.2, -0.15) is 0 Å². The van der Waals surface area contributed by atoms with Gasteiger partial charge in [0.15, 0.2) is 5.11 Å². The molecule has 0 saturated carbocycles. The molecule has 24 heavy (non-hydrogen) atoms. The maximum Gasteiger partial charge on any atom is 0.175 e. The third-order valence-electron chi connectivity index (χ3n) is 3.94.